The molecular weight excluding hydrogens is 589 g/mol. The lowest BCUT2D eigenvalue weighted by atomic mass is 9.93. The summed E-state index contributed by atoms with van der Waals surface area (Å²) >= 11 is 0. The van der Waals surface area contributed by atoms with Crippen LogP contribution < -0.4 is 14.9 Å². The maximum absolute atomic E-state index is 8.14. The Labute approximate surface area is 281 Å². The maximum Gasteiger partial charge on any atom is 0.249 e. The number of hydrogen-bond donors (Lipinski definition) is 0. The van der Waals surface area contributed by atoms with E-state index >= 15 is 0 Å². The van der Waals surface area contributed by atoms with E-state index in [4.69, 9.17) is 9.10 Å². The maximum atomic E-state index is 8.14. The van der Waals surface area contributed by atoms with Crippen LogP contribution in [0, 0.1) is 0 Å². The Morgan fingerprint density at radius 1 is 0.702 bits per heavy atom. The van der Waals surface area contributed by atoms with Crippen LogP contribution in [0.4, 0.5) is 0 Å². The van der Waals surface area contributed by atoms with E-state index in [1.54, 1.807) is 6.33 Å². The predicted octanol–water partition coefficient (Wildman–Crippen LogP) is 8.56. The Bertz CT molecular complexity index is 2560. The van der Waals surface area contributed by atoms with Crippen molar-refractivity contribution in [2.24, 2.45) is 6.98 Å². The van der Waals surface area contributed by atoms with E-state index in [0.717, 1.165) is 33.6 Å². The van der Waals surface area contributed by atoms with Gasteiger partial charge in [-0.1, -0.05) is 116 Å². The van der Waals surface area contributed by atoms with Crippen LogP contribution in [-0.4, -0.2) is 22.2 Å². The Hall–Kier alpha value is -5.26. The first-order valence-corrected chi connectivity index (χ1v) is 19.2. The molecule has 0 spiro atoms. The predicted molar refractivity (Wildman–Crippen MR) is 199 cm³/mol. The number of pyridine rings is 1. The molecule has 3 heterocycles. The SMILES string of the molecule is [2H]C([2H])([2H])[n+]1cn(-c2cccc([Si](C)(C)c3ccc4c5ccccc5n(-c5cc(-c6ccccc6C(C)C)ccn5)c4c3)c2)c2ccccc21. The third kappa shape index (κ3) is 4.81. The smallest absolute Gasteiger partial charge is 0.249 e. The van der Waals surface area contributed by atoms with E-state index in [1.807, 2.05) is 35.0 Å². The molecule has 4 nitrogen and oxygen atoms in total. The summed E-state index contributed by atoms with van der Waals surface area (Å²) in [5.74, 6) is 1.30. The zero-order valence-electron chi connectivity index (χ0n) is 30.1. The molecule has 5 aromatic carbocycles. The van der Waals surface area contributed by atoms with Gasteiger partial charge < -0.3 is 0 Å². The average Bonchev–Trinajstić information content (AvgIpc) is 3.68. The van der Waals surface area contributed by atoms with Crippen molar-refractivity contribution in [3.63, 3.8) is 0 Å². The van der Waals surface area contributed by atoms with Gasteiger partial charge in [-0.25, -0.2) is 9.55 Å². The number of hydrogen-bond acceptors (Lipinski definition) is 1. The summed E-state index contributed by atoms with van der Waals surface area (Å²) in [6, 6.07) is 44.8. The molecule has 0 aliphatic rings. The third-order valence-corrected chi connectivity index (χ3v) is 13.3. The number of para-hydroxylation sites is 3. The normalized spacial score (nSPS) is 13.3. The van der Waals surface area contributed by atoms with Gasteiger partial charge in [-0.2, -0.15) is 4.57 Å². The first kappa shape index (κ1) is 25.9. The van der Waals surface area contributed by atoms with Gasteiger partial charge in [-0.05, 0) is 71.1 Å². The van der Waals surface area contributed by atoms with Gasteiger partial charge in [0.1, 0.15) is 19.6 Å². The molecule has 0 unspecified atom stereocenters. The summed E-state index contributed by atoms with van der Waals surface area (Å²) in [5, 5.41) is 4.97. The fourth-order valence-electron chi connectivity index (χ4n) is 7.11. The Morgan fingerprint density at radius 3 is 2.30 bits per heavy atom. The van der Waals surface area contributed by atoms with Crippen molar-refractivity contribution in [2.75, 3.05) is 0 Å². The monoisotopic (exact) mass is 630 g/mol. The minimum absolute atomic E-state index is 0.405. The highest BCUT2D eigenvalue weighted by molar-refractivity contribution is 7.00. The lowest BCUT2D eigenvalue weighted by Crippen LogP contribution is -2.52. The molecule has 0 bridgehead atoms. The highest BCUT2D eigenvalue weighted by atomic mass is 28.3. The molecule has 47 heavy (non-hydrogen) atoms. The van der Waals surface area contributed by atoms with Gasteiger partial charge in [-0.3, -0.25) is 4.57 Å². The topological polar surface area (TPSA) is 26.6 Å². The fraction of sp³-hybridized carbons (Fsp3) is 0.143. The zero-order chi connectivity index (χ0) is 34.8. The van der Waals surface area contributed by atoms with Crippen LogP contribution in [0.25, 0.3) is 55.5 Å². The number of fused-ring (bicyclic) bond motifs is 4. The number of aryl methyl sites for hydroxylation is 1. The standard InChI is InChI=1S/C42H39N4Si/c1-29(2)34-15-6-7-16-35(34)30-23-24-43-42(25-30)46-38-18-9-8-17-36(38)37-22-21-33(27-41(37)46)47(4,5)32-14-12-13-31(26-32)45-28-44(3)39-19-10-11-20-40(39)45/h6-29H,1-5H3/q+1/i3D3. The van der Waals surface area contributed by atoms with Crippen molar-refractivity contribution >= 4 is 51.3 Å². The molecule has 8 aromatic rings. The molecular formula is C42H39N4Si+. The second kappa shape index (κ2) is 11.2. The molecule has 0 aliphatic carbocycles. The minimum atomic E-state index is -2.28. The molecule has 0 aliphatic heterocycles. The molecule has 8 rings (SSSR count). The van der Waals surface area contributed by atoms with Crippen molar-refractivity contribution in [1.82, 2.24) is 14.1 Å². The second-order valence-corrected chi connectivity index (χ2v) is 17.7. The Kier molecular flexibility index (Phi) is 6.17. The van der Waals surface area contributed by atoms with E-state index in [9.17, 15) is 0 Å². The number of imidazole rings is 1. The largest absolute Gasteiger partial charge is 0.294 e. The first-order chi connectivity index (χ1) is 24.0. The van der Waals surface area contributed by atoms with Gasteiger partial charge in [0.05, 0.1) is 22.1 Å². The van der Waals surface area contributed by atoms with Crippen LogP contribution in [0.1, 0.15) is 29.4 Å². The van der Waals surface area contributed by atoms with Crippen molar-refractivity contribution < 1.29 is 8.68 Å². The summed E-state index contributed by atoms with van der Waals surface area (Å²) in [6.45, 7) is 6.98. The fourth-order valence-corrected chi connectivity index (χ4v) is 9.46. The van der Waals surface area contributed by atoms with Gasteiger partial charge in [0.15, 0.2) is 11.0 Å². The average molecular weight is 631 g/mol. The molecule has 0 fully saturated rings. The van der Waals surface area contributed by atoms with Crippen molar-refractivity contribution in [3.05, 3.63) is 145 Å². The quantitative estimate of drug-likeness (QED) is 0.134. The molecule has 5 heteroatoms. The lowest BCUT2D eigenvalue weighted by Gasteiger charge is -2.24. The van der Waals surface area contributed by atoms with Crippen molar-refractivity contribution in [2.45, 2.75) is 32.9 Å². The number of rotatable bonds is 6. The molecule has 0 radical (unpaired) electrons. The summed E-state index contributed by atoms with van der Waals surface area (Å²) in [6.07, 6.45) is 3.63. The van der Waals surface area contributed by atoms with Crippen LogP contribution in [0.3, 0.4) is 0 Å². The van der Waals surface area contributed by atoms with E-state index < -0.39 is 15.0 Å². The molecule has 230 valence electrons. The van der Waals surface area contributed by atoms with Crippen LogP contribution in [0.5, 0.6) is 0 Å². The van der Waals surface area contributed by atoms with Crippen LogP contribution in [-0.2, 0) is 6.98 Å². The van der Waals surface area contributed by atoms with Crippen LogP contribution in [0.15, 0.2) is 140 Å². The number of benzene rings is 5. The van der Waals surface area contributed by atoms with Gasteiger partial charge >= 0.3 is 0 Å². The number of aromatic nitrogens is 4. The molecule has 3 aromatic heterocycles. The Balaban J connectivity index is 1.27. The van der Waals surface area contributed by atoms with E-state index in [-0.39, 0.29) is 0 Å². The van der Waals surface area contributed by atoms with Gasteiger partial charge in [-0.15, -0.1) is 0 Å². The van der Waals surface area contributed by atoms with E-state index in [1.165, 1.54) is 36.8 Å². The van der Waals surface area contributed by atoms with Crippen LogP contribution >= 0.6 is 0 Å². The van der Waals surface area contributed by atoms with Crippen molar-refractivity contribution in [3.8, 4) is 22.6 Å². The Morgan fingerprint density at radius 2 is 1.45 bits per heavy atom. The van der Waals surface area contributed by atoms with Gasteiger partial charge in [0.2, 0.25) is 6.33 Å². The van der Waals surface area contributed by atoms with Gasteiger partial charge in [0, 0.05) is 17.0 Å². The first-order valence-electron chi connectivity index (χ1n) is 17.7. The molecule has 0 saturated carbocycles. The highest BCUT2D eigenvalue weighted by Gasteiger charge is 2.29. The van der Waals surface area contributed by atoms with Crippen molar-refractivity contribution in [1.29, 1.82) is 0 Å². The molecule has 0 atom stereocenters. The van der Waals surface area contributed by atoms with E-state index in [0.29, 0.717) is 11.4 Å². The number of nitrogens with zero attached hydrogens (tertiary/aromatic N) is 4. The second-order valence-electron chi connectivity index (χ2n) is 13.2. The highest BCUT2D eigenvalue weighted by Crippen LogP contribution is 2.34. The molecule has 0 saturated heterocycles. The van der Waals surface area contributed by atoms with Crippen LogP contribution in [0.2, 0.25) is 13.1 Å². The van der Waals surface area contributed by atoms with E-state index in [2.05, 4.69) is 135 Å². The minimum Gasteiger partial charge on any atom is -0.294 e. The summed E-state index contributed by atoms with van der Waals surface area (Å²) in [4.78, 5) is 4.95. The third-order valence-electron chi connectivity index (χ3n) is 9.74. The van der Waals surface area contributed by atoms with Gasteiger partial charge in [0.25, 0.3) is 0 Å². The summed E-state index contributed by atoms with van der Waals surface area (Å²) in [5.41, 5.74) is 8.47. The summed E-state index contributed by atoms with van der Waals surface area (Å²) < 4.78 is 30.1. The lowest BCUT2D eigenvalue weighted by molar-refractivity contribution is -0.645. The molecule has 0 N–H and O–H groups in total. The summed E-state index contributed by atoms with van der Waals surface area (Å²) in [7, 11) is -2.26. The zero-order valence-corrected chi connectivity index (χ0v) is 28.1. The molecule has 0 amide bonds.